The highest BCUT2D eigenvalue weighted by Crippen LogP contribution is 2.68. The Labute approximate surface area is 162 Å². The van der Waals surface area contributed by atoms with Crippen LogP contribution in [-0.4, -0.2) is 23.3 Å². The first-order valence-corrected chi connectivity index (χ1v) is 11.0. The summed E-state index contributed by atoms with van der Waals surface area (Å²) in [5.74, 6) is 2.71. The van der Waals surface area contributed by atoms with Crippen molar-refractivity contribution in [2.75, 3.05) is 6.61 Å². The minimum absolute atomic E-state index is 0.00327. The van der Waals surface area contributed by atoms with E-state index < -0.39 is 0 Å². The summed E-state index contributed by atoms with van der Waals surface area (Å²) < 4.78 is 0. The summed E-state index contributed by atoms with van der Waals surface area (Å²) in [4.78, 5) is 24.8. The molecule has 5 aliphatic rings. The van der Waals surface area contributed by atoms with E-state index in [1.807, 2.05) is 6.08 Å². The van der Waals surface area contributed by atoms with Gasteiger partial charge >= 0.3 is 0 Å². The molecule has 5 rings (SSSR count). The van der Waals surface area contributed by atoms with Crippen molar-refractivity contribution in [2.24, 2.45) is 40.4 Å². The third kappa shape index (κ3) is 2.43. The fourth-order valence-electron chi connectivity index (χ4n) is 7.65. The zero-order valence-electron chi connectivity index (χ0n) is 16.7. The van der Waals surface area contributed by atoms with Crippen molar-refractivity contribution >= 4 is 11.6 Å². The molecule has 3 heteroatoms. The number of fused-ring (bicyclic) bond motifs is 5. The second-order valence-electron chi connectivity index (χ2n) is 10.4. The third-order valence-corrected chi connectivity index (χ3v) is 9.17. The van der Waals surface area contributed by atoms with Gasteiger partial charge in [0.25, 0.3) is 0 Å². The lowest BCUT2D eigenvalue weighted by Gasteiger charge is -2.53. The number of ketones is 2. The highest BCUT2D eigenvalue weighted by atomic mass is 16.3. The van der Waals surface area contributed by atoms with Crippen LogP contribution in [0, 0.1) is 40.4 Å². The van der Waals surface area contributed by atoms with E-state index in [9.17, 15) is 14.7 Å². The van der Waals surface area contributed by atoms with Gasteiger partial charge in [-0.25, -0.2) is 0 Å². The van der Waals surface area contributed by atoms with Crippen LogP contribution in [0.3, 0.4) is 0 Å². The van der Waals surface area contributed by atoms with Gasteiger partial charge in [0.15, 0.2) is 11.6 Å². The molecule has 3 fully saturated rings. The van der Waals surface area contributed by atoms with Crippen LogP contribution in [0.2, 0.25) is 0 Å². The van der Waals surface area contributed by atoms with Crippen LogP contribution < -0.4 is 0 Å². The molecule has 0 bridgehead atoms. The summed E-state index contributed by atoms with van der Waals surface area (Å²) in [7, 11) is 0. The number of carbonyl (C=O) groups is 2. The van der Waals surface area contributed by atoms with E-state index in [-0.39, 0.29) is 29.1 Å². The first-order valence-electron chi connectivity index (χ1n) is 11.0. The molecule has 6 atom stereocenters. The van der Waals surface area contributed by atoms with E-state index in [1.54, 1.807) is 5.57 Å². The van der Waals surface area contributed by atoms with E-state index in [1.165, 1.54) is 18.4 Å². The molecule has 0 spiro atoms. The second-order valence-corrected chi connectivity index (χ2v) is 10.4. The molecule has 0 aromatic rings. The van der Waals surface area contributed by atoms with Crippen LogP contribution in [0.1, 0.15) is 65.2 Å². The normalized spacial score (nSPS) is 46.1. The molecule has 0 amide bonds. The fourth-order valence-corrected chi connectivity index (χ4v) is 7.65. The first-order chi connectivity index (χ1) is 12.9. The number of hydrogen-bond acceptors (Lipinski definition) is 3. The van der Waals surface area contributed by atoms with E-state index in [4.69, 9.17) is 0 Å². The smallest absolute Gasteiger partial charge is 0.162 e. The number of hydrogen-bond donors (Lipinski definition) is 1. The van der Waals surface area contributed by atoms with Gasteiger partial charge in [-0.15, -0.1) is 0 Å². The lowest BCUT2D eigenvalue weighted by molar-refractivity contribution is -0.131. The molecule has 0 aromatic heterocycles. The Morgan fingerprint density at radius 3 is 2.70 bits per heavy atom. The van der Waals surface area contributed by atoms with Gasteiger partial charge in [-0.2, -0.15) is 0 Å². The number of Topliss-reactive ketones (excluding diaryl/α,β-unsaturated/α-hetero) is 1. The van der Waals surface area contributed by atoms with Crippen LogP contribution in [0.15, 0.2) is 23.3 Å². The summed E-state index contributed by atoms with van der Waals surface area (Å²) in [6, 6.07) is 0. The summed E-state index contributed by atoms with van der Waals surface area (Å²) in [5, 5.41) is 9.67. The van der Waals surface area contributed by atoms with Gasteiger partial charge in [-0.1, -0.05) is 31.1 Å². The van der Waals surface area contributed by atoms with E-state index >= 15 is 0 Å². The van der Waals surface area contributed by atoms with Gasteiger partial charge in [0, 0.05) is 17.8 Å². The average molecular weight is 369 g/mol. The zero-order valence-corrected chi connectivity index (χ0v) is 16.7. The molecular formula is C24H32O3. The Bertz CT molecular complexity index is 758. The summed E-state index contributed by atoms with van der Waals surface area (Å²) in [6.45, 7) is 4.39. The number of carbonyl (C=O) groups excluding carboxylic acids is 2. The average Bonchev–Trinajstić information content (AvgIpc) is 3.43. The minimum atomic E-state index is -0.301. The van der Waals surface area contributed by atoms with Crippen molar-refractivity contribution in [3.63, 3.8) is 0 Å². The van der Waals surface area contributed by atoms with Gasteiger partial charge in [-0.3, -0.25) is 9.59 Å². The number of aliphatic hydroxyl groups is 1. The minimum Gasteiger partial charge on any atom is -0.389 e. The lowest BCUT2D eigenvalue weighted by Crippen LogP contribution is -2.46. The molecule has 0 radical (unpaired) electrons. The quantitative estimate of drug-likeness (QED) is 0.758. The Hall–Kier alpha value is -1.22. The molecule has 3 saturated carbocycles. The topological polar surface area (TPSA) is 54.4 Å². The second kappa shape index (κ2) is 5.89. The summed E-state index contributed by atoms with van der Waals surface area (Å²) in [5.41, 5.74) is 2.99. The molecule has 0 aromatic carbocycles. The Balaban J connectivity index is 1.54. The summed E-state index contributed by atoms with van der Waals surface area (Å²) >= 11 is 0. The van der Waals surface area contributed by atoms with Crippen molar-refractivity contribution in [1.82, 2.24) is 0 Å². The van der Waals surface area contributed by atoms with Crippen molar-refractivity contribution in [1.29, 1.82) is 0 Å². The fraction of sp³-hybridized carbons (Fsp3) is 0.750. The monoisotopic (exact) mass is 368 g/mol. The number of rotatable bonds is 3. The Kier molecular flexibility index (Phi) is 3.89. The summed E-state index contributed by atoms with van der Waals surface area (Å²) in [6.07, 6.45) is 12.8. The molecule has 0 aliphatic heterocycles. The molecule has 146 valence electrons. The molecule has 3 nitrogen and oxygen atoms in total. The molecule has 0 heterocycles. The van der Waals surface area contributed by atoms with Gasteiger partial charge < -0.3 is 5.11 Å². The van der Waals surface area contributed by atoms with Crippen molar-refractivity contribution in [3.05, 3.63) is 23.3 Å². The Morgan fingerprint density at radius 2 is 2.00 bits per heavy atom. The van der Waals surface area contributed by atoms with Crippen LogP contribution in [0.4, 0.5) is 0 Å². The number of allylic oxidation sites excluding steroid dienone is 4. The third-order valence-electron chi connectivity index (χ3n) is 9.17. The number of aliphatic hydroxyl groups excluding tert-OH is 1. The van der Waals surface area contributed by atoms with Crippen molar-refractivity contribution < 1.29 is 14.7 Å². The maximum atomic E-state index is 12.8. The largest absolute Gasteiger partial charge is 0.389 e. The van der Waals surface area contributed by atoms with Crippen LogP contribution in [-0.2, 0) is 9.59 Å². The molecule has 6 unspecified atom stereocenters. The van der Waals surface area contributed by atoms with Crippen LogP contribution >= 0.6 is 0 Å². The van der Waals surface area contributed by atoms with Crippen molar-refractivity contribution in [3.8, 4) is 0 Å². The standard InChI is InChI=1S/C24H32O3/c1-23-9-7-16(26)11-15(23)5-6-17-19(23)8-10-24(2)20(17)12-18(14-3-4-14)22(24)21(27)13-25/h8,11,14,17-18,20,22,25H,3-7,9-10,12-13H2,1-2H3. The van der Waals surface area contributed by atoms with E-state index in [0.717, 1.165) is 32.1 Å². The van der Waals surface area contributed by atoms with Gasteiger partial charge in [0.05, 0.1) is 0 Å². The predicted octanol–water partition coefficient (Wildman–Crippen LogP) is 4.25. The van der Waals surface area contributed by atoms with E-state index in [2.05, 4.69) is 19.9 Å². The SMILES string of the molecule is CC12CCC(=O)C=C1CCC1C2=CCC2(C)C1CC(C1CC1)C2C(=O)CO. The Morgan fingerprint density at radius 1 is 1.22 bits per heavy atom. The van der Waals surface area contributed by atoms with E-state index in [0.29, 0.717) is 35.9 Å². The highest BCUT2D eigenvalue weighted by molar-refractivity contribution is 5.92. The van der Waals surface area contributed by atoms with Gasteiger partial charge in [0.2, 0.25) is 0 Å². The van der Waals surface area contributed by atoms with Crippen LogP contribution in [0.5, 0.6) is 0 Å². The maximum absolute atomic E-state index is 12.8. The maximum Gasteiger partial charge on any atom is 0.162 e. The zero-order chi connectivity index (χ0) is 19.0. The molecule has 0 saturated heterocycles. The molecule has 1 N–H and O–H groups in total. The van der Waals surface area contributed by atoms with Crippen LogP contribution in [0.25, 0.3) is 0 Å². The predicted molar refractivity (Wildman–Crippen MR) is 104 cm³/mol. The highest BCUT2D eigenvalue weighted by Gasteiger charge is 2.62. The first kappa shape index (κ1) is 17.8. The van der Waals surface area contributed by atoms with Crippen molar-refractivity contribution in [2.45, 2.75) is 65.2 Å². The van der Waals surface area contributed by atoms with Gasteiger partial charge in [-0.05, 0) is 80.1 Å². The lowest BCUT2D eigenvalue weighted by atomic mass is 9.51. The molecular weight excluding hydrogens is 336 g/mol. The van der Waals surface area contributed by atoms with Gasteiger partial charge in [0.1, 0.15) is 6.61 Å². The molecule has 27 heavy (non-hydrogen) atoms. The molecule has 5 aliphatic carbocycles.